The minimum absolute atomic E-state index is 0.122. The molecule has 2 aromatic heterocycles. The normalized spacial score (nSPS) is 23.1. The Morgan fingerprint density at radius 2 is 1.81 bits per heavy atom. The summed E-state index contributed by atoms with van der Waals surface area (Å²) in [7, 11) is 0. The number of nitrogens with zero attached hydrogens (tertiary/aromatic N) is 2. The standard InChI is InChI=1S/C27H32ClN5O3S/c28-17-5-6-19-16(13-17)14-23(29-19)25(34)30-20-3-1-2-4-21(20)31-26(35)27-32-22-7-10-33(15-24(22)37-27)18-8-11-36-12-9-18/h5-6,13-14,18,20-21,29H,1-4,7-12,15H2,(H,30,34)(H,31,35)/t20-,21+/m1/s1. The number of carbonyl (C=O) groups is 2. The summed E-state index contributed by atoms with van der Waals surface area (Å²) in [6.45, 7) is 3.51. The van der Waals surface area contributed by atoms with Gasteiger partial charge < -0.3 is 20.4 Å². The molecule has 1 aromatic carbocycles. The van der Waals surface area contributed by atoms with Crippen LogP contribution in [-0.4, -0.2) is 64.6 Å². The Kier molecular flexibility index (Phi) is 7.20. The van der Waals surface area contributed by atoms with Crippen molar-refractivity contribution >= 4 is 45.7 Å². The van der Waals surface area contributed by atoms with Gasteiger partial charge in [0.1, 0.15) is 5.69 Å². The van der Waals surface area contributed by atoms with E-state index in [1.807, 2.05) is 18.2 Å². The number of thiazole rings is 1. The van der Waals surface area contributed by atoms with E-state index in [2.05, 4.69) is 20.5 Å². The van der Waals surface area contributed by atoms with Crippen LogP contribution < -0.4 is 10.6 Å². The van der Waals surface area contributed by atoms with Gasteiger partial charge in [0.2, 0.25) is 0 Å². The van der Waals surface area contributed by atoms with E-state index < -0.39 is 0 Å². The number of carbonyl (C=O) groups excluding carboxylic acids is 2. The third-order valence-electron chi connectivity index (χ3n) is 7.89. The lowest BCUT2D eigenvalue weighted by Crippen LogP contribution is -2.53. The molecule has 6 rings (SSSR count). The molecule has 0 radical (unpaired) electrons. The monoisotopic (exact) mass is 541 g/mol. The summed E-state index contributed by atoms with van der Waals surface area (Å²) in [4.78, 5) is 37.9. The first kappa shape index (κ1) is 24.9. The van der Waals surface area contributed by atoms with Gasteiger partial charge in [-0.1, -0.05) is 24.4 Å². The molecule has 8 nitrogen and oxygen atoms in total. The minimum Gasteiger partial charge on any atom is -0.381 e. The summed E-state index contributed by atoms with van der Waals surface area (Å²) in [5.41, 5.74) is 2.42. The number of rotatable bonds is 5. The van der Waals surface area contributed by atoms with E-state index in [0.717, 1.165) is 87.8 Å². The third kappa shape index (κ3) is 5.41. The van der Waals surface area contributed by atoms with E-state index in [4.69, 9.17) is 21.3 Å². The molecule has 3 aromatic rings. The first-order chi connectivity index (χ1) is 18.0. The first-order valence-corrected chi connectivity index (χ1v) is 14.4. The second kappa shape index (κ2) is 10.7. The Labute approximate surface area is 225 Å². The summed E-state index contributed by atoms with van der Waals surface area (Å²) in [5, 5.41) is 8.41. The molecule has 1 saturated heterocycles. The van der Waals surface area contributed by atoms with E-state index in [1.54, 1.807) is 6.07 Å². The van der Waals surface area contributed by atoms with Gasteiger partial charge in [-0.25, -0.2) is 4.98 Å². The number of nitrogens with one attached hydrogen (secondary N) is 3. The Balaban J connectivity index is 1.10. The van der Waals surface area contributed by atoms with Crippen LogP contribution in [0.15, 0.2) is 24.3 Å². The van der Waals surface area contributed by atoms with E-state index >= 15 is 0 Å². The summed E-state index contributed by atoms with van der Waals surface area (Å²) >= 11 is 7.61. The maximum atomic E-state index is 13.2. The quantitative estimate of drug-likeness (QED) is 0.447. The molecule has 10 heteroatoms. The van der Waals surface area contributed by atoms with Gasteiger partial charge >= 0.3 is 0 Å². The zero-order chi connectivity index (χ0) is 25.4. The molecule has 0 spiro atoms. The molecule has 0 bridgehead atoms. The highest BCUT2D eigenvalue weighted by Gasteiger charge is 2.32. The summed E-state index contributed by atoms with van der Waals surface area (Å²) in [6, 6.07) is 7.63. The number of fused-ring (bicyclic) bond motifs is 2. The number of ether oxygens (including phenoxy) is 1. The number of aromatic nitrogens is 2. The van der Waals surface area contributed by atoms with Crippen LogP contribution in [0, 0.1) is 0 Å². The molecule has 0 unspecified atom stereocenters. The average Bonchev–Trinajstić information content (AvgIpc) is 3.54. The highest BCUT2D eigenvalue weighted by atomic mass is 35.5. The van der Waals surface area contributed by atoms with Crippen LogP contribution in [0.4, 0.5) is 0 Å². The number of hydrogen-bond donors (Lipinski definition) is 3. The molecule has 1 aliphatic carbocycles. The molecule has 37 heavy (non-hydrogen) atoms. The van der Waals surface area contributed by atoms with Crippen molar-refractivity contribution in [1.29, 1.82) is 0 Å². The molecule has 1 saturated carbocycles. The number of hydrogen-bond acceptors (Lipinski definition) is 6. The van der Waals surface area contributed by atoms with E-state index in [0.29, 0.717) is 21.8 Å². The second-order valence-electron chi connectivity index (χ2n) is 10.3. The molecule has 2 amide bonds. The summed E-state index contributed by atoms with van der Waals surface area (Å²) in [6.07, 6.45) is 6.74. The molecule has 4 heterocycles. The molecule has 2 fully saturated rings. The van der Waals surface area contributed by atoms with Crippen LogP contribution in [0.1, 0.15) is 69.4 Å². The van der Waals surface area contributed by atoms with Crippen molar-refractivity contribution in [2.24, 2.45) is 0 Å². The maximum absolute atomic E-state index is 13.2. The topological polar surface area (TPSA) is 99.3 Å². The maximum Gasteiger partial charge on any atom is 0.280 e. The lowest BCUT2D eigenvalue weighted by molar-refractivity contribution is 0.0293. The lowest BCUT2D eigenvalue weighted by Gasteiger charge is -2.36. The molecule has 3 N–H and O–H groups in total. The van der Waals surface area contributed by atoms with Gasteiger partial charge in [-0.3, -0.25) is 14.5 Å². The number of aromatic amines is 1. The van der Waals surface area contributed by atoms with Crippen molar-refractivity contribution in [3.8, 4) is 0 Å². The van der Waals surface area contributed by atoms with Crippen LogP contribution in [0.5, 0.6) is 0 Å². The van der Waals surface area contributed by atoms with E-state index in [1.165, 1.54) is 16.2 Å². The van der Waals surface area contributed by atoms with Crippen LogP contribution >= 0.6 is 22.9 Å². The average molecular weight is 542 g/mol. The van der Waals surface area contributed by atoms with Gasteiger partial charge in [0.25, 0.3) is 11.8 Å². The predicted octanol–water partition coefficient (Wildman–Crippen LogP) is 4.29. The highest BCUT2D eigenvalue weighted by Crippen LogP contribution is 2.29. The van der Waals surface area contributed by atoms with Crippen molar-refractivity contribution in [3.63, 3.8) is 0 Å². The Morgan fingerprint density at radius 1 is 1.05 bits per heavy atom. The van der Waals surface area contributed by atoms with Crippen molar-refractivity contribution in [2.75, 3.05) is 19.8 Å². The van der Waals surface area contributed by atoms with Gasteiger partial charge in [-0.05, 0) is 49.9 Å². The van der Waals surface area contributed by atoms with Crippen LogP contribution in [0.25, 0.3) is 10.9 Å². The van der Waals surface area contributed by atoms with Crippen molar-refractivity contribution in [2.45, 2.75) is 69.6 Å². The SMILES string of the molecule is O=C(N[C@@H]1CCCC[C@@H]1NC(=O)c1nc2c(s1)CN(C1CCOCC1)CC2)c1cc2cc(Cl)ccc2[nH]1. The summed E-state index contributed by atoms with van der Waals surface area (Å²) in [5.74, 6) is -0.306. The van der Waals surface area contributed by atoms with E-state index in [9.17, 15) is 9.59 Å². The zero-order valence-corrected chi connectivity index (χ0v) is 22.3. The lowest BCUT2D eigenvalue weighted by atomic mass is 9.90. The zero-order valence-electron chi connectivity index (χ0n) is 20.7. The fourth-order valence-corrected chi connectivity index (χ4v) is 7.07. The summed E-state index contributed by atoms with van der Waals surface area (Å²) < 4.78 is 5.52. The minimum atomic E-state index is -0.170. The van der Waals surface area contributed by atoms with Crippen LogP contribution in [0.2, 0.25) is 5.02 Å². The number of H-pyrrole nitrogens is 1. The highest BCUT2D eigenvalue weighted by molar-refractivity contribution is 7.13. The van der Waals surface area contributed by atoms with Crippen molar-refractivity contribution in [3.05, 3.63) is 50.6 Å². The van der Waals surface area contributed by atoms with Gasteiger partial charge in [0.05, 0.1) is 5.69 Å². The van der Waals surface area contributed by atoms with Gasteiger partial charge in [-0.15, -0.1) is 11.3 Å². The van der Waals surface area contributed by atoms with Gasteiger partial charge in [0, 0.05) is 71.7 Å². The molecule has 3 aliphatic rings. The molecular weight excluding hydrogens is 510 g/mol. The van der Waals surface area contributed by atoms with Gasteiger partial charge in [-0.2, -0.15) is 0 Å². The van der Waals surface area contributed by atoms with Crippen molar-refractivity contribution < 1.29 is 14.3 Å². The smallest absolute Gasteiger partial charge is 0.280 e. The number of amides is 2. The Hall–Kier alpha value is -2.46. The van der Waals surface area contributed by atoms with E-state index in [-0.39, 0.29) is 23.9 Å². The van der Waals surface area contributed by atoms with Crippen LogP contribution in [0.3, 0.4) is 0 Å². The van der Waals surface area contributed by atoms with Gasteiger partial charge in [0.15, 0.2) is 5.01 Å². The largest absolute Gasteiger partial charge is 0.381 e. The molecule has 2 aliphatic heterocycles. The molecule has 196 valence electrons. The fourth-order valence-electron chi connectivity index (χ4n) is 5.85. The first-order valence-electron chi connectivity index (χ1n) is 13.2. The Morgan fingerprint density at radius 3 is 2.59 bits per heavy atom. The molecular formula is C27H32ClN5O3S. The fraction of sp³-hybridized carbons (Fsp3) is 0.519. The predicted molar refractivity (Wildman–Crippen MR) is 144 cm³/mol. The molecule has 2 atom stereocenters. The van der Waals surface area contributed by atoms with Crippen LogP contribution in [-0.2, 0) is 17.7 Å². The second-order valence-corrected chi connectivity index (χ2v) is 11.8. The van der Waals surface area contributed by atoms with Crippen molar-refractivity contribution in [1.82, 2.24) is 25.5 Å². The third-order valence-corrected chi connectivity index (χ3v) is 9.20. The number of halogens is 1. The Bertz CT molecular complexity index is 1300. The number of benzene rings is 1.